The number of aromatic nitrogens is 2. The Morgan fingerprint density at radius 1 is 1.06 bits per heavy atom. The molecule has 3 heterocycles. The number of amides is 1. The minimum Gasteiger partial charge on any atom is -0.485 e. The van der Waals surface area contributed by atoms with Crippen LogP contribution < -0.4 is 15.4 Å². The van der Waals surface area contributed by atoms with Crippen molar-refractivity contribution in [3.63, 3.8) is 0 Å². The van der Waals surface area contributed by atoms with E-state index < -0.39 is 0 Å². The highest BCUT2D eigenvalue weighted by atomic mass is 79.9. The molecule has 0 saturated carbocycles. The Balaban J connectivity index is 1.41. The van der Waals surface area contributed by atoms with Gasteiger partial charge in [0.15, 0.2) is 11.6 Å². The zero-order valence-corrected chi connectivity index (χ0v) is 20.1. The van der Waals surface area contributed by atoms with Crippen LogP contribution in [0.3, 0.4) is 0 Å². The number of anilines is 2. The molecule has 1 fully saturated rings. The molecule has 1 saturated heterocycles. The summed E-state index contributed by atoms with van der Waals surface area (Å²) in [5.74, 6) is 1.27. The first kappa shape index (κ1) is 22.6. The Hall–Kier alpha value is -2.55. The number of hydrogen-bond donors (Lipinski definition) is 1. The molecule has 0 aliphatic carbocycles. The van der Waals surface area contributed by atoms with E-state index in [9.17, 15) is 4.79 Å². The zero-order valence-electron chi connectivity index (χ0n) is 17.0. The van der Waals surface area contributed by atoms with Gasteiger partial charge in [-0.3, -0.25) is 4.79 Å². The predicted molar refractivity (Wildman–Crippen MR) is 129 cm³/mol. The van der Waals surface area contributed by atoms with E-state index in [1.54, 1.807) is 35.4 Å². The van der Waals surface area contributed by atoms with Gasteiger partial charge >= 0.3 is 0 Å². The van der Waals surface area contributed by atoms with Crippen molar-refractivity contribution in [2.24, 2.45) is 0 Å². The Bertz CT molecular complexity index is 1100. The van der Waals surface area contributed by atoms with Crippen LogP contribution in [-0.4, -0.2) is 47.0 Å². The third-order valence-corrected chi connectivity index (χ3v) is 6.34. The van der Waals surface area contributed by atoms with Crippen LogP contribution in [0.2, 0.25) is 10.0 Å². The number of nitrogens with two attached hydrogens (primary N) is 1. The van der Waals surface area contributed by atoms with E-state index in [1.165, 1.54) is 6.20 Å². The lowest BCUT2D eigenvalue weighted by Gasteiger charge is -2.35. The van der Waals surface area contributed by atoms with E-state index in [0.717, 1.165) is 10.3 Å². The summed E-state index contributed by atoms with van der Waals surface area (Å²) in [7, 11) is 0. The molecular weight excluding hydrogens is 517 g/mol. The van der Waals surface area contributed by atoms with Crippen molar-refractivity contribution in [1.29, 1.82) is 0 Å². The number of piperazine rings is 1. The zero-order chi connectivity index (χ0) is 22.7. The van der Waals surface area contributed by atoms with Crippen LogP contribution in [0.15, 0.2) is 53.3 Å². The molecule has 7 nitrogen and oxygen atoms in total. The van der Waals surface area contributed by atoms with Gasteiger partial charge in [0.05, 0.1) is 5.56 Å². The molecule has 1 aliphatic rings. The van der Waals surface area contributed by atoms with Gasteiger partial charge in [-0.25, -0.2) is 9.97 Å². The molecule has 3 aromatic rings. The summed E-state index contributed by atoms with van der Waals surface area (Å²) in [6, 6.07) is 10.7. The maximum Gasteiger partial charge on any atom is 0.255 e. The summed E-state index contributed by atoms with van der Waals surface area (Å²) in [5, 5.41) is 0.990. The second-order valence-corrected chi connectivity index (χ2v) is 8.94. The summed E-state index contributed by atoms with van der Waals surface area (Å²) >= 11 is 15.8. The van der Waals surface area contributed by atoms with Gasteiger partial charge in [0.2, 0.25) is 0 Å². The minimum absolute atomic E-state index is 0.112. The van der Waals surface area contributed by atoms with E-state index in [1.807, 2.05) is 12.1 Å². The number of nitrogen functional groups attached to an aromatic ring is 1. The molecule has 0 radical (unpaired) electrons. The van der Waals surface area contributed by atoms with Gasteiger partial charge in [0.25, 0.3) is 5.91 Å². The second-order valence-electron chi connectivity index (χ2n) is 7.21. The highest BCUT2D eigenvalue weighted by molar-refractivity contribution is 9.10. The van der Waals surface area contributed by atoms with Gasteiger partial charge in [-0.2, -0.15) is 0 Å². The number of halogens is 3. The number of nitrogens with zero attached hydrogens (tertiary/aromatic N) is 4. The molecule has 166 valence electrons. The number of ether oxygens (including phenoxy) is 1. The van der Waals surface area contributed by atoms with Crippen molar-refractivity contribution in [3.8, 4) is 5.75 Å². The van der Waals surface area contributed by atoms with Gasteiger partial charge in [0.1, 0.15) is 12.4 Å². The highest BCUT2D eigenvalue weighted by Crippen LogP contribution is 2.28. The Labute approximate surface area is 204 Å². The number of hydrogen-bond acceptors (Lipinski definition) is 6. The van der Waals surface area contributed by atoms with Crippen LogP contribution in [0.1, 0.15) is 15.9 Å². The smallest absolute Gasteiger partial charge is 0.255 e. The van der Waals surface area contributed by atoms with Gasteiger partial charge < -0.3 is 20.3 Å². The fourth-order valence-corrected chi connectivity index (χ4v) is 4.13. The predicted octanol–water partition coefficient (Wildman–Crippen LogP) is 4.67. The molecule has 0 atom stereocenters. The van der Waals surface area contributed by atoms with Crippen molar-refractivity contribution in [2.45, 2.75) is 6.61 Å². The van der Waals surface area contributed by atoms with Crippen molar-refractivity contribution < 1.29 is 9.53 Å². The van der Waals surface area contributed by atoms with E-state index in [0.29, 0.717) is 53.1 Å². The normalized spacial score (nSPS) is 13.8. The SMILES string of the molecule is Nc1ncc(C(=O)N2CCN(c3ccc(Br)cn3)CC2)cc1OCc1c(Cl)cccc1Cl. The van der Waals surface area contributed by atoms with E-state index in [2.05, 4.69) is 30.8 Å². The summed E-state index contributed by atoms with van der Waals surface area (Å²) in [5.41, 5.74) is 7.01. The molecule has 10 heteroatoms. The van der Waals surface area contributed by atoms with Crippen molar-refractivity contribution in [1.82, 2.24) is 14.9 Å². The van der Waals surface area contributed by atoms with E-state index in [-0.39, 0.29) is 18.3 Å². The molecule has 0 bridgehead atoms. The van der Waals surface area contributed by atoms with Crippen LogP contribution in [0.4, 0.5) is 11.6 Å². The van der Waals surface area contributed by atoms with Crippen LogP contribution >= 0.6 is 39.1 Å². The van der Waals surface area contributed by atoms with Crippen molar-refractivity contribution in [2.75, 3.05) is 36.8 Å². The summed E-state index contributed by atoms with van der Waals surface area (Å²) < 4.78 is 6.73. The molecule has 1 aliphatic heterocycles. The first-order valence-corrected chi connectivity index (χ1v) is 11.4. The number of carbonyl (C=O) groups excluding carboxylic acids is 1. The largest absolute Gasteiger partial charge is 0.485 e. The maximum absolute atomic E-state index is 13.0. The topological polar surface area (TPSA) is 84.6 Å². The number of benzene rings is 1. The molecule has 1 aromatic carbocycles. The van der Waals surface area contributed by atoms with Gasteiger partial charge in [-0.1, -0.05) is 29.3 Å². The summed E-state index contributed by atoms with van der Waals surface area (Å²) in [6.45, 7) is 2.65. The Morgan fingerprint density at radius 2 is 1.78 bits per heavy atom. The third-order valence-electron chi connectivity index (χ3n) is 5.17. The van der Waals surface area contributed by atoms with Crippen LogP contribution in [0, 0.1) is 0 Å². The number of pyridine rings is 2. The second kappa shape index (κ2) is 9.94. The molecule has 2 aromatic heterocycles. The fourth-order valence-electron chi connectivity index (χ4n) is 3.38. The van der Waals surface area contributed by atoms with Crippen LogP contribution in [0.5, 0.6) is 5.75 Å². The fraction of sp³-hybridized carbons (Fsp3) is 0.227. The molecule has 32 heavy (non-hydrogen) atoms. The Kier molecular flexibility index (Phi) is 7.03. The first-order chi connectivity index (χ1) is 15.4. The molecule has 4 rings (SSSR count). The van der Waals surface area contributed by atoms with Crippen molar-refractivity contribution in [3.05, 3.63) is 74.4 Å². The first-order valence-electron chi connectivity index (χ1n) is 9.89. The van der Waals surface area contributed by atoms with Crippen molar-refractivity contribution >= 4 is 56.7 Å². The number of rotatable bonds is 5. The van der Waals surface area contributed by atoms with E-state index in [4.69, 9.17) is 33.7 Å². The molecule has 0 unspecified atom stereocenters. The summed E-state index contributed by atoms with van der Waals surface area (Å²) in [4.78, 5) is 25.5. The van der Waals surface area contributed by atoms with Gasteiger partial charge in [0, 0.05) is 58.7 Å². The number of carbonyl (C=O) groups is 1. The molecule has 0 spiro atoms. The highest BCUT2D eigenvalue weighted by Gasteiger charge is 2.24. The minimum atomic E-state index is -0.124. The summed E-state index contributed by atoms with van der Waals surface area (Å²) in [6.07, 6.45) is 3.24. The molecule has 2 N–H and O–H groups in total. The monoisotopic (exact) mass is 535 g/mol. The van der Waals surface area contributed by atoms with E-state index >= 15 is 0 Å². The molecule has 1 amide bonds. The van der Waals surface area contributed by atoms with Crippen LogP contribution in [-0.2, 0) is 6.61 Å². The lowest BCUT2D eigenvalue weighted by atomic mass is 10.2. The average molecular weight is 537 g/mol. The maximum atomic E-state index is 13.0. The molecular formula is C22H20BrCl2N5O2. The average Bonchev–Trinajstić information content (AvgIpc) is 2.80. The van der Waals surface area contributed by atoms with Gasteiger partial charge in [-0.15, -0.1) is 0 Å². The quantitative estimate of drug-likeness (QED) is 0.510. The van der Waals surface area contributed by atoms with Gasteiger partial charge in [-0.05, 0) is 46.3 Å². The third kappa shape index (κ3) is 5.09. The lowest BCUT2D eigenvalue weighted by molar-refractivity contribution is 0.0745. The lowest BCUT2D eigenvalue weighted by Crippen LogP contribution is -2.49. The Morgan fingerprint density at radius 3 is 2.44 bits per heavy atom. The standard InChI is InChI=1S/C22H20BrCl2N5O2/c23-15-4-5-20(27-12-15)29-6-8-30(9-7-29)22(31)14-10-19(21(26)28-11-14)32-13-16-17(24)2-1-3-18(16)25/h1-5,10-12H,6-9,13H2,(H2,26,28). The van der Waals surface area contributed by atoms with Crippen LogP contribution in [0.25, 0.3) is 0 Å².